The zero-order chi connectivity index (χ0) is 14.9. The average Bonchev–Trinajstić information content (AvgIpc) is 3.01. The second kappa shape index (κ2) is 3.07. The van der Waals surface area contributed by atoms with Gasteiger partial charge in [-0.2, -0.15) is 0 Å². The predicted octanol–water partition coefficient (Wildman–Crippen LogP) is 1.75. The van der Waals surface area contributed by atoms with Crippen molar-refractivity contribution in [2.75, 3.05) is 7.11 Å². The van der Waals surface area contributed by atoms with Crippen molar-refractivity contribution in [1.29, 1.82) is 0 Å². The number of aliphatic hydroxyl groups is 1. The van der Waals surface area contributed by atoms with Gasteiger partial charge in [-0.3, -0.25) is 4.79 Å². The van der Waals surface area contributed by atoms with Crippen molar-refractivity contribution in [2.24, 2.45) is 11.3 Å². The quantitative estimate of drug-likeness (QED) is 0.858. The molecule has 5 aliphatic rings. The Morgan fingerprint density at radius 2 is 2.27 bits per heavy atom. The molecule has 1 heterocycles. The van der Waals surface area contributed by atoms with Crippen LogP contribution in [-0.4, -0.2) is 29.7 Å². The van der Waals surface area contributed by atoms with E-state index >= 15 is 0 Å². The smallest absolute Gasteiger partial charge is 0.174 e. The Bertz CT molecular complexity index is 771. The van der Waals surface area contributed by atoms with E-state index < -0.39 is 17.1 Å². The number of hydrogen-bond acceptors (Lipinski definition) is 4. The number of ketones is 1. The van der Waals surface area contributed by atoms with Crippen LogP contribution in [0.5, 0.6) is 11.5 Å². The van der Waals surface area contributed by atoms with Crippen LogP contribution in [0.25, 0.3) is 0 Å². The van der Waals surface area contributed by atoms with Crippen molar-refractivity contribution < 1.29 is 19.4 Å². The number of rotatable bonds is 1. The molecule has 2 spiro atoms. The Kier molecular flexibility index (Phi) is 1.67. The molecule has 1 aromatic rings. The predicted molar refractivity (Wildman–Crippen MR) is 77.1 cm³/mol. The van der Waals surface area contributed by atoms with E-state index in [1.807, 2.05) is 6.07 Å². The fourth-order valence-corrected chi connectivity index (χ4v) is 6.55. The van der Waals surface area contributed by atoms with E-state index in [0.29, 0.717) is 24.5 Å². The van der Waals surface area contributed by atoms with Crippen LogP contribution in [0.2, 0.25) is 0 Å². The Hall–Kier alpha value is -1.55. The minimum atomic E-state index is -0.769. The molecule has 2 bridgehead atoms. The van der Waals surface area contributed by atoms with Crippen molar-refractivity contribution in [3.63, 3.8) is 0 Å². The second-order valence-corrected chi connectivity index (χ2v) is 7.96. The van der Waals surface area contributed by atoms with Crippen LogP contribution in [0.4, 0.5) is 0 Å². The summed E-state index contributed by atoms with van der Waals surface area (Å²) in [5.41, 5.74) is 1.28. The van der Waals surface area contributed by atoms with Gasteiger partial charge >= 0.3 is 0 Å². The number of fused-ring (bicyclic) bond motifs is 1. The van der Waals surface area contributed by atoms with Crippen LogP contribution in [0.3, 0.4) is 0 Å². The first-order valence-electron chi connectivity index (χ1n) is 8.18. The zero-order valence-electron chi connectivity index (χ0n) is 12.5. The summed E-state index contributed by atoms with van der Waals surface area (Å²) in [6.07, 6.45) is 3.53. The number of carbonyl (C=O) groups excluding carboxylic acids is 1. The lowest BCUT2D eigenvalue weighted by Gasteiger charge is -2.49. The third-order valence-corrected chi connectivity index (χ3v) is 7.31. The van der Waals surface area contributed by atoms with Crippen LogP contribution in [0.1, 0.15) is 36.8 Å². The molecule has 0 amide bonds. The van der Waals surface area contributed by atoms with Crippen molar-refractivity contribution >= 4 is 5.78 Å². The van der Waals surface area contributed by atoms with E-state index in [-0.39, 0.29) is 11.2 Å². The summed E-state index contributed by atoms with van der Waals surface area (Å²) >= 11 is 0. The lowest BCUT2D eigenvalue weighted by atomic mass is 9.55. The number of carbonyl (C=O) groups is 1. The van der Waals surface area contributed by atoms with Crippen molar-refractivity contribution in [3.8, 4) is 11.5 Å². The first-order chi connectivity index (χ1) is 10.6. The molecule has 114 valence electrons. The minimum Gasteiger partial charge on any atom is -0.493 e. The molecule has 3 saturated carbocycles. The number of hydrogen-bond donors (Lipinski definition) is 1. The van der Waals surface area contributed by atoms with E-state index in [0.717, 1.165) is 30.6 Å². The van der Waals surface area contributed by atoms with Gasteiger partial charge in [-0.15, -0.1) is 0 Å². The molecular weight excluding hydrogens is 280 g/mol. The molecule has 1 aliphatic heterocycles. The lowest BCUT2D eigenvalue weighted by molar-refractivity contribution is -0.149. The molecule has 0 radical (unpaired) electrons. The minimum absolute atomic E-state index is 0.146. The molecule has 5 atom stereocenters. The van der Waals surface area contributed by atoms with Crippen molar-refractivity contribution in [1.82, 2.24) is 0 Å². The summed E-state index contributed by atoms with van der Waals surface area (Å²) in [5.74, 6) is 1.89. The van der Waals surface area contributed by atoms with Gasteiger partial charge in [0.15, 0.2) is 23.4 Å². The van der Waals surface area contributed by atoms with Gasteiger partial charge in [0.2, 0.25) is 0 Å². The Labute approximate surface area is 128 Å². The van der Waals surface area contributed by atoms with Crippen molar-refractivity contribution in [3.05, 3.63) is 23.3 Å². The van der Waals surface area contributed by atoms with Gasteiger partial charge in [-0.25, -0.2) is 0 Å². The standard InChI is InChI=1S/C18H18O4/c1-21-11-3-2-9-6-16-7-12(16)18(20)5-4-10(19)15-17(18,8-16)13(9)14(11)22-15/h2-3,12,15,20H,4-8H2,1H3. The van der Waals surface area contributed by atoms with E-state index in [1.165, 1.54) is 5.56 Å². The van der Waals surface area contributed by atoms with Crippen LogP contribution >= 0.6 is 0 Å². The molecule has 3 fully saturated rings. The Balaban J connectivity index is 1.73. The van der Waals surface area contributed by atoms with Gasteiger partial charge in [0.1, 0.15) is 0 Å². The SMILES string of the molecule is COc1ccc2c3c1OC1C(=O)CCC4(O)C5CC5(C2)CC314. The summed E-state index contributed by atoms with van der Waals surface area (Å²) in [4.78, 5) is 12.6. The van der Waals surface area contributed by atoms with Gasteiger partial charge in [-0.05, 0) is 48.6 Å². The largest absolute Gasteiger partial charge is 0.493 e. The highest BCUT2D eigenvalue weighted by atomic mass is 16.5. The van der Waals surface area contributed by atoms with E-state index in [1.54, 1.807) is 7.11 Å². The molecule has 5 unspecified atom stereocenters. The highest BCUT2D eigenvalue weighted by molar-refractivity contribution is 5.90. The molecule has 6 rings (SSSR count). The van der Waals surface area contributed by atoms with Crippen LogP contribution in [0.15, 0.2) is 12.1 Å². The Morgan fingerprint density at radius 3 is 3.09 bits per heavy atom. The molecule has 1 N–H and O–H groups in total. The summed E-state index contributed by atoms with van der Waals surface area (Å²) in [7, 11) is 1.63. The molecular formula is C18H18O4. The van der Waals surface area contributed by atoms with E-state index in [2.05, 4.69) is 6.07 Å². The number of Topliss-reactive ketones (excluding diaryl/α,β-unsaturated/α-hetero) is 1. The normalized spacial score (nSPS) is 48.5. The van der Waals surface area contributed by atoms with Crippen LogP contribution < -0.4 is 9.47 Å². The maximum atomic E-state index is 12.6. The fourth-order valence-electron chi connectivity index (χ4n) is 6.55. The Morgan fingerprint density at radius 1 is 1.41 bits per heavy atom. The number of methoxy groups -OCH3 is 1. The molecule has 0 saturated heterocycles. The lowest BCUT2D eigenvalue weighted by Crippen LogP contribution is -2.62. The average molecular weight is 298 g/mol. The van der Waals surface area contributed by atoms with Crippen LogP contribution in [0, 0.1) is 11.3 Å². The maximum absolute atomic E-state index is 12.6. The third kappa shape index (κ3) is 0.913. The fraction of sp³-hybridized carbons (Fsp3) is 0.611. The third-order valence-electron chi connectivity index (χ3n) is 7.31. The molecule has 4 nitrogen and oxygen atoms in total. The highest BCUT2D eigenvalue weighted by Gasteiger charge is 2.85. The topological polar surface area (TPSA) is 55.8 Å². The summed E-state index contributed by atoms with van der Waals surface area (Å²) in [5, 5.41) is 11.6. The van der Waals surface area contributed by atoms with E-state index in [9.17, 15) is 9.90 Å². The van der Waals surface area contributed by atoms with Crippen LogP contribution in [-0.2, 0) is 16.6 Å². The van der Waals surface area contributed by atoms with Gasteiger partial charge in [0.05, 0.1) is 18.1 Å². The first-order valence-corrected chi connectivity index (χ1v) is 8.18. The molecule has 0 aromatic heterocycles. The van der Waals surface area contributed by atoms with Gasteiger partial charge < -0.3 is 14.6 Å². The summed E-state index contributed by atoms with van der Waals surface area (Å²) in [6.45, 7) is 0. The van der Waals surface area contributed by atoms with Gasteiger partial charge in [0.25, 0.3) is 0 Å². The number of ether oxygens (including phenoxy) is 2. The highest BCUT2D eigenvalue weighted by Crippen LogP contribution is 2.82. The number of benzene rings is 1. The zero-order valence-corrected chi connectivity index (χ0v) is 12.5. The first kappa shape index (κ1) is 11.9. The second-order valence-electron chi connectivity index (χ2n) is 7.96. The van der Waals surface area contributed by atoms with Crippen molar-refractivity contribution in [2.45, 2.75) is 49.2 Å². The monoisotopic (exact) mass is 298 g/mol. The molecule has 22 heavy (non-hydrogen) atoms. The summed E-state index contributed by atoms with van der Waals surface area (Å²) < 4.78 is 11.6. The van der Waals surface area contributed by atoms with E-state index in [4.69, 9.17) is 9.47 Å². The molecule has 4 heteroatoms. The molecule has 4 aliphatic carbocycles. The van der Waals surface area contributed by atoms with Gasteiger partial charge in [0, 0.05) is 12.0 Å². The summed E-state index contributed by atoms with van der Waals surface area (Å²) in [6, 6.07) is 4.07. The molecule has 1 aromatic carbocycles. The van der Waals surface area contributed by atoms with Gasteiger partial charge in [-0.1, -0.05) is 6.07 Å². The maximum Gasteiger partial charge on any atom is 0.174 e.